The molecular weight excluding hydrogens is 344 g/mol. The van der Waals surface area contributed by atoms with E-state index in [1.165, 1.54) is 5.57 Å². The lowest BCUT2D eigenvalue weighted by atomic mass is 9.48. The number of carboxylic acid groups (broad SMARTS) is 1. The van der Waals surface area contributed by atoms with E-state index in [1.807, 2.05) is 6.92 Å². The van der Waals surface area contributed by atoms with Gasteiger partial charge in [0.05, 0.1) is 24.2 Å². The summed E-state index contributed by atoms with van der Waals surface area (Å²) >= 11 is 0. The van der Waals surface area contributed by atoms with Crippen LogP contribution in [0.1, 0.15) is 65.7 Å². The average molecular weight is 379 g/mol. The van der Waals surface area contributed by atoms with E-state index in [0.29, 0.717) is 18.8 Å². The van der Waals surface area contributed by atoms with Crippen LogP contribution in [0.2, 0.25) is 0 Å². The Kier molecular flexibility index (Phi) is 4.53. The minimum Gasteiger partial charge on any atom is -0.481 e. The normalized spacial score (nSPS) is 50.6. The smallest absolute Gasteiger partial charge is 0.309 e. The molecule has 0 spiro atoms. The summed E-state index contributed by atoms with van der Waals surface area (Å²) in [5, 5.41) is 41.7. The van der Waals surface area contributed by atoms with Gasteiger partial charge in [-0.15, -0.1) is 0 Å². The van der Waals surface area contributed by atoms with Crippen molar-refractivity contribution < 1.29 is 25.2 Å². The van der Waals surface area contributed by atoms with Gasteiger partial charge in [-0.3, -0.25) is 4.79 Å². The van der Waals surface area contributed by atoms with Gasteiger partial charge in [-0.2, -0.15) is 0 Å². The number of allylic oxidation sites excluding steroid dienone is 1. The maximum absolute atomic E-state index is 11.9. The fourth-order valence-electron chi connectivity index (χ4n) is 7.86. The van der Waals surface area contributed by atoms with Gasteiger partial charge in [0.1, 0.15) is 0 Å². The predicted molar refractivity (Wildman–Crippen MR) is 101 cm³/mol. The van der Waals surface area contributed by atoms with Crippen molar-refractivity contribution in [2.75, 3.05) is 0 Å². The summed E-state index contributed by atoms with van der Waals surface area (Å²) in [4.78, 5) is 11.9. The molecule has 4 N–H and O–H groups in total. The standard InChI is InChI=1S/C22H34O5/c1-11(23)13-6-7-14-12-4-5-15-18(20(26)27)16(24)8-9-21(15,2)19(12)17(25)10-22(13,14)3/h11,13-18,23-25H,4-10H2,1-3H3,(H,26,27)/t11-,13-,14+,15-,16-,17+,18+,21+,22+/m0/s1. The van der Waals surface area contributed by atoms with Crippen molar-refractivity contribution in [3.8, 4) is 0 Å². The molecule has 0 unspecified atom stereocenters. The van der Waals surface area contributed by atoms with Crippen LogP contribution in [0.15, 0.2) is 11.1 Å². The van der Waals surface area contributed by atoms with Crippen molar-refractivity contribution in [1.82, 2.24) is 0 Å². The van der Waals surface area contributed by atoms with Crippen LogP contribution in [0.5, 0.6) is 0 Å². The molecule has 4 rings (SSSR count). The lowest BCUT2D eigenvalue weighted by Crippen LogP contribution is -2.54. The first kappa shape index (κ1) is 19.4. The van der Waals surface area contributed by atoms with Crippen LogP contribution < -0.4 is 0 Å². The second kappa shape index (κ2) is 6.30. The van der Waals surface area contributed by atoms with Crippen molar-refractivity contribution in [2.24, 2.45) is 34.5 Å². The molecule has 0 saturated heterocycles. The number of hydrogen-bond donors (Lipinski definition) is 4. The summed E-state index contributed by atoms with van der Waals surface area (Å²) in [5.74, 6) is -1.19. The van der Waals surface area contributed by atoms with Crippen molar-refractivity contribution in [1.29, 1.82) is 0 Å². The third kappa shape index (κ3) is 2.57. The molecule has 4 aliphatic rings. The van der Waals surface area contributed by atoms with Gasteiger partial charge < -0.3 is 20.4 Å². The molecule has 4 aliphatic carbocycles. The quantitative estimate of drug-likeness (QED) is 0.554. The van der Waals surface area contributed by atoms with Gasteiger partial charge in [-0.1, -0.05) is 19.4 Å². The summed E-state index contributed by atoms with van der Waals surface area (Å²) in [5.41, 5.74) is 2.00. The third-order valence-corrected chi connectivity index (χ3v) is 8.98. The molecule has 0 radical (unpaired) electrons. The molecule has 0 amide bonds. The predicted octanol–water partition coefficient (Wildman–Crippen LogP) is 2.73. The zero-order chi connectivity index (χ0) is 19.7. The molecular formula is C22H34O5. The number of fused-ring (bicyclic) bond motifs is 4. The van der Waals surface area contributed by atoms with Crippen LogP contribution in [0.25, 0.3) is 0 Å². The first-order valence-corrected chi connectivity index (χ1v) is 10.6. The highest BCUT2D eigenvalue weighted by atomic mass is 16.4. The topological polar surface area (TPSA) is 98.0 Å². The summed E-state index contributed by atoms with van der Waals surface area (Å²) in [6, 6.07) is 0. The van der Waals surface area contributed by atoms with E-state index in [2.05, 4.69) is 13.8 Å². The van der Waals surface area contributed by atoms with Gasteiger partial charge in [-0.05, 0) is 86.0 Å². The Morgan fingerprint density at radius 3 is 2.48 bits per heavy atom. The molecule has 152 valence electrons. The van der Waals surface area contributed by atoms with Crippen LogP contribution in [0.3, 0.4) is 0 Å². The minimum atomic E-state index is -0.910. The van der Waals surface area contributed by atoms with E-state index < -0.39 is 24.1 Å². The van der Waals surface area contributed by atoms with Crippen LogP contribution in [0, 0.1) is 34.5 Å². The van der Waals surface area contributed by atoms with Gasteiger partial charge in [0.2, 0.25) is 0 Å². The highest BCUT2D eigenvalue weighted by molar-refractivity contribution is 5.72. The van der Waals surface area contributed by atoms with Gasteiger partial charge in [0.25, 0.3) is 0 Å². The highest BCUT2D eigenvalue weighted by Crippen LogP contribution is 2.65. The summed E-state index contributed by atoms with van der Waals surface area (Å²) in [6.45, 7) is 6.22. The summed E-state index contributed by atoms with van der Waals surface area (Å²) in [6.07, 6.45) is 3.74. The summed E-state index contributed by atoms with van der Waals surface area (Å²) in [7, 11) is 0. The monoisotopic (exact) mass is 378 g/mol. The SMILES string of the molecule is C[C@H](O)[C@@H]1CC[C@@H]2C3=C([C@H](O)C[C@@]21C)[C@]1(C)CC[C@H](O)[C@H](C(=O)O)[C@@H]1CC3. The first-order chi connectivity index (χ1) is 12.6. The number of rotatable bonds is 2. The van der Waals surface area contributed by atoms with Crippen molar-refractivity contribution in [3.63, 3.8) is 0 Å². The maximum Gasteiger partial charge on any atom is 0.309 e. The molecule has 0 aromatic heterocycles. The van der Waals surface area contributed by atoms with Crippen LogP contribution in [-0.2, 0) is 4.79 Å². The molecule has 0 aromatic carbocycles. The molecule has 5 heteroatoms. The Bertz CT molecular complexity index is 670. The molecule has 0 aromatic rings. The van der Waals surface area contributed by atoms with E-state index in [1.54, 1.807) is 0 Å². The molecule has 2 fully saturated rings. The molecule has 5 nitrogen and oxygen atoms in total. The van der Waals surface area contributed by atoms with E-state index in [9.17, 15) is 25.2 Å². The second-order valence-electron chi connectivity index (χ2n) is 10.2. The molecule has 0 heterocycles. The highest BCUT2D eigenvalue weighted by Gasteiger charge is 2.60. The number of carboxylic acids is 1. The zero-order valence-corrected chi connectivity index (χ0v) is 16.7. The van der Waals surface area contributed by atoms with E-state index in [4.69, 9.17) is 0 Å². The Labute approximate surface area is 161 Å². The Balaban J connectivity index is 1.78. The fraction of sp³-hybridized carbons (Fsp3) is 0.864. The van der Waals surface area contributed by atoms with Gasteiger partial charge in [0.15, 0.2) is 0 Å². The lowest BCUT2D eigenvalue weighted by Gasteiger charge is -2.57. The molecule has 9 atom stereocenters. The Hall–Kier alpha value is -0.910. The number of carbonyl (C=O) groups is 1. The van der Waals surface area contributed by atoms with Crippen molar-refractivity contribution in [3.05, 3.63) is 11.1 Å². The van der Waals surface area contributed by atoms with Gasteiger partial charge >= 0.3 is 5.97 Å². The van der Waals surface area contributed by atoms with Crippen LogP contribution in [0.4, 0.5) is 0 Å². The summed E-state index contributed by atoms with van der Waals surface area (Å²) < 4.78 is 0. The molecule has 27 heavy (non-hydrogen) atoms. The Morgan fingerprint density at radius 1 is 1.15 bits per heavy atom. The third-order valence-electron chi connectivity index (χ3n) is 8.98. The fourth-order valence-corrected chi connectivity index (χ4v) is 7.86. The molecule has 0 aliphatic heterocycles. The molecule has 2 saturated carbocycles. The Morgan fingerprint density at radius 2 is 1.85 bits per heavy atom. The van der Waals surface area contributed by atoms with Gasteiger partial charge in [0, 0.05) is 0 Å². The number of hydrogen-bond acceptors (Lipinski definition) is 4. The van der Waals surface area contributed by atoms with Gasteiger partial charge in [-0.25, -0.2) is 0 Å². The maximum atomic E-state index is 11.9. The van der Waals surface area contributed by atoms with E-state index in [-0.39, 0.29) is 28.8 Å². The number of aliphatic carboxylic acids is 1. The average Bonchev–Trinajstić information content (AvgIpc) is 2.91. The van der Waals surface area contributed by atoms with E-state index >= 15 is 0 Å². The zero-order valence-electron chi connectivity index (χ0n) is 16.7. The lowest BCUT2D eigenvalue weighted by molar-refractivity contribution is -0.157. The van der Waals surface area contributed by atoms with E-state index in [0.717, 1.165) is 37.7 Å². The van der Waals surface area contributed by atoms with Crippen molar-refractivity contribution in [2.45, 2.75) is 84.0 Å². The van der Waals surface area contributed by atoms with Crippen molar-refractivity contribution >= 4 is 5.97 Å². The number of aliphatic hydroxyl groups is 3. The minimum absolute atomic E-state index is 0.0873. The van der Waals surface area contributed by atoms with Crippen LogP contribution in [-0.4, -0.2) is 44.7 Å². The first-order valence-electron chi connectivity index (χ1n) is 10.6. The second-order valence-corrected chi connectivity index (χ2v) is 10.2. The number of aliphatic hydroxyl groups excluding tert-OH is 3. The van der Waals surface area contributed by atoms with Crippen LogP contribution >= 0.6 is 0 Å². The largest absolute Gasteiger partial charge is 0.481 e. The molecule has 0 bridgehead atoms.